The molecule has 14 atom stereocenters. The Labute approximate surface area is 298 Å². The second-order valence-electron chi connectivity index (χ2n) is 19.1. The van der Waals surface area contributed by atoms with Gasteiger partial charge in [-0.25, -0.2) is 0 Å². The van der Waals surface area contributed by atoms with Crippen LogP contribution in [0.25, 0.3) is 0 Å². The number of carboxylic acid groups (broad SMARTS) is 1. The zero-order chi connectivity index (χ0) is 36.2. The predicted molar refractivity (Wildman–Crippen MR) is 185 cm³/mol. The van der Waals surface area contributed by atoms with Crippen LogP contribution in [0.5, 0.6) is 0 Å². The molecule has 0 radical (unpaired) electrons. The number of ether oxygens (including phenoxy) is 4. The van der Waals surface area contributed by atoms with Crippen molar-refractivity contribution in [1.82, 2.24) is 4.90 Å². The maximum absolute atomic E-state index is 12.5. The molecule has 2 saturated heterocycles. The highest BCUT2D eigenvalue weighted by Crippen LogP contribution is 2.87. The van der Waals surface area contributed by atoms with E-state index in [1.165, 1.54) is 6.92 Å². The van der Waals surface area contributed by atoms with Crippen molar-refractivity contribution >= 4 is 11.9 Å². The topological polar surface area (TPSA) is 161 Å². The number of rotatable bonds is 9. The minimum Gasteiger partial charge on any atom is -0.481 e. The van der Waals surface area contributed by atoms with Gasteiger partial charge in [0.1, 0.15) is 0 Å². The first kappa shape index (κ1) is 37.0. The van der Waals surface area contributed by atoms with Crippen molar-refractivity contribution in [1.29, 1.82) is 0 Å². The van der Waals surface area contributed by atoms with Gasteiger partial charge in [-0.05, 0) is 124 Å². The van der Waals surface area contributed by atoms with E-state index >= 15 is 0 Å². The van der Waals surface area contributed by atoms with Crippen molar-refractivity contribution in [2.45, 2.75) is 161 Å². The molecule has 7 aliphatic rings. The number of carbonyl (C=O) groups is 2. The van der Waals surface area contributed by atoms with Gasteiger partial charge in [0.05, 0.1) is 42.2 Å². The summed E-state index contributed by atoms with van der Waals surface area (Å²) in [6.45, 7) is 16.8. The van der Waals surface area contributed by atoms with Crippen LogP contribution >= 0.6 is 0 Å². The fourth-order valence-electron chi connectivity index (χ4n) is 13.8. The molecule has 0 aromatic rings. The Morgan fingerprint density at radius 3 is 2.46 bits per heavy atom. The van der Waals surface area contributed by atoms with E-state index in [1.807, 2.05) is 0 Å². The van der Waals surface area contributed by atoms with Gasteiger partial charge in [0, 0.05) is 26.4 Å². The molecular formula is C39H64N2O9. The molecule has 5 N–H and O–H groups in total. The van der Waals surface area contributed by atoms with Crippen molar-refractivity contribution in [3.05, 3.63) is 0 Å². The Balaban J connectivity index is 1.09. The molecule has 50 heavy (non-hydrogen) atoms. The molecule has 0 aromatic heterocycles. The number of aliphatic carboxylic acids is 1. The Morgan fingerprint density at radius 2 is 1.78 bits per heavy atom. The Morgan fingerprint density at radius 1 is 1.08 bits per heavy atom. The lowest BCUT2D eigenvalue weighted by Crippen LogP contribution is -2.70. The lowest BCUT2D eigenvalue weighted by atomic mass is 9.43. The zero-order valence-corrected chi connectivity index (χ0v) is 31.5. The SMILES string of the molecule is CC(=O)OC(C1CC(C)C2C(O1)C(O)C1(N)C3CCC4C(C)(C)C(OC5CN(CCCC(=O)O)CCO5)CCC45CC35CCC21C)C(C)(C)O. The average Bonchev–Trinajstić information content (AvgIpc) is 3.65. The molecule has 5 aliphatic carbocycles. The number of fused-ring (bicyclic) bond motifs is 4. The van der Waals surface area contributed by atoms with Crippen molar-refractivity contribution in [2.75, 3.05) is 26.2 Å². The Kier molecular flexibility index (Phi) is 9.14. The molecule has 7 rings (SSSR count). The van der Waals surface area contributed by atoms with Crippen LogP contribution in [-0.4, -0.2) is 106 Å². The van der Waals surface area contributed by atoms with E-state index in [0.717, 1.165) is 58.0 Å². The average molecular weight is 705 g/mol. The van der Waals surface area contributed by atoms with E-state index in [0.29, 0.717) is 31.9 Å². The van der Waals surface area contributed by atoms with Crippen LogP contribution in [0.15, 0.2) is 0 Å². The lowest BCUT2D eigenvalue weighted by molar-refractivity contribution is -0.246. The summed E-state index contributed by atoms with van der Waals surface area (Å²) in [6.07, 6.45) is 5.81. The lowest BCUT2D eigenvalue weighted by Gasteiger charge is -2.63. The number of nitrogens with zero attached hydrogens (tertiary/aromatic N) is 1. The summed E-state index contributed by atoms with van der Waals surface area (Å²) in [7, 11) is 0. The third-order valence-electron chi connectivity index (χ3n) is 15.9. The molecule has 2 aliphatic heterocycles. The predicted octanol–water partition coefficient (Wildman–Crippen LogP) is 4.10. The van der Waals surface area contributed by atoms with E-state index < -0.39 is 47.5 Å². The molecule has 2 heterocycles. The highest BCUT2D eigenvalue weighted by atomic mass is 16.7. The molecule has 0 aromatic carbocycles. The third kappa shape index (κ3) is 5.36. The monoisotopic (exact) mass is 704 g/mol. The number of nitrogens with two attached hydrogens (primary N) is 1. The largest absolute Gasteiger partial charge is 0.481 e. The van der Waals surface area contributed by atoms with Gasteiger partial charge < -0.3 is 40.0 Å². The van der Waals surface area contributed by atoms with Crippen LogP contribution in [0.1, 0.15) is 113 Å². The fraction of sp³-hybridized carbons (Fsp3) is 0.949. The van der Waals surface area contributed by atoms with E-state index in [1.54, 1.807) is 13.8 Å². The normalized spacial score (nSPS) is 48.6. The number of hydrogen-bond donors (Lipinski definition) is 4. The van der Waals surface area contributed by atoms with E-state index in [9.17, 15) is 19.8 Å². The van der Waals surface area contributed by atoms with Crippen LogP contribution in [0.3, 0.4) is 0 Å². The Bertz CT molecular complexity index is 1340. The minimum atomic E-state index is -1.30. The molecule has 0 amide bonds. The first-order valence-corrected chi connectivity index (χ1v) is 19.5. The molecule has 7 fully saturated rings. The first-order valence-electron chi connectivity index (χ1n) is 19.5. The van der Waals surface area contributed by atoms with Crippen molar-refractivity contribution in [3.63, 3.8) is 0 Å². The second-order valence-corrected chi connectivity index (χ2v) is 19.1. The Hall–Kier alpha value is -1.34. The summed E-state index contributed by atoms with van der Waals surface area (Å²) in [5, 5.41) is 32.5. The molecule has 14 unspecified atom stereocenters. The van der Waals surface area contributed by atoms with Gasteiger partial charge in [-0.2, -0.15) is 0 Å². The summed E-state index contributed by atoms with van der Waals surface area (Å²) >= 11 is 0. The smallest absolute Gasteiger partial charge is 0.303 e. The second kappa shape index (κ2) is 12.4. The van der Waals surface area contributed by atoms with Crippen LogP contribution in [0.2, 0.25) is 0 Å². The number of hydrogen-bond acceptors (Lipinski definition) is 10. The van der Waals surface area contributed by atoms with Gasteiger partial charge in [-0.15, -0.1) is 0 Å². The van der Waals surface area contributed by atoms with E-state index in [-0.39, 0.29) is 58.2 Å². The van der Waals surface area contributed by atoms with Gasteiger partial charge in [-0.1, -0.05) is 27.7 Å². The van der Waals surface area contributed by atoms with E-state index in [2.05, 4.69) is 32.6 Å². The fourth-order valence-corrected chi connectivity index (χ4v) is 13.8. The maximum Gasteiger partial charge on any atom is 0.303 e. The standard InChI is InChI=1S/C39H64N2O9/c1-22-19-24(33(35(5,6)46)48-23(2)42)49-31-30(22)36(7)14-15-38-21-37(38)13-12-27(50-29-20-41(17-18-47-29)16-8-9-28(43)44)34(3,4)25(37)10-11-26(38)39(36,40)32(31)45/h22,24-27,29-33,45-46H,8-21,40H2,1-7H3,(H,43,44). The number of carboxylic acids is 1. The molecule has 5 saturated carbocycles. The number of carbonyl (C=O) groups excluding carboxylic acids is 1. The van der Waals surface area contributed by atoms with Crippen LogP contribution in [0, 0.1) is 45.3 Å². The molecular weight excluding hydrogens is 640 g/mol. The van der Waals surface area contributed by atoms with Crippen molar-refractivity contribution < 1.29 is 43.9 Å². The molecule has 2 spiro atoms. The number of aliphatic hydroxyl groups excluding tert-OH is 1. The van der Waals surface area contributed by atoms with Gasteiger partial charge in [0.15, 0.2) is 12.4 Å². The number of aliphatic hydroxyl groups is 2. The van der Waals surface area contributed by atoms with Crippen LogP contribution in [0.4, 0.5) is 0 Å². The summed E-state index contributed by atoms with van der Waals surface area (Å²) in [5.74, 6) is -0.293. The quantitative estimate of drug-likeness (QED) is 0.256. The molecule has 284 valence electrons. The van der Waals surface area contributed by atoms with Crippen molar-refractivity contribution in [3.8, 4) is 0 Å². The molecule has 0 bridgehead atoms. The summed E-state index contributed by atoms with van der Waals surface area (Å²) in [5.41, 5.74) is 5.60. The third-order valence-corrected chi connectivity index (χ3v) is 15.9. The van der Waals surface area contributed by atoms with Crippen LogP contribution in [-0.2, 0) is 28.5 Å². The number of morpholine rings is 1. The summed E-state index contributed by atoms with van der Waals surface area (Å²) in [6, 6.07) is 0. The van der Waals surface area contributed by atoms with Crippen LogP contribution < -0.4 is 5.73 Å². The van der Waals surface area contributed by atoms with Gasteiger partial charge >= 0.3 is 11.9 Å². The molecule has 11 nitrogen and oxygen atoms in total. The number of esters is 1. The summed E-state index contributed by atoms with van der Waals surface area (Å²) in [4.78, 5) is 25.4. The minimum absolute atomic E-state index is 0.0554. The zero-order valence-electron chi connectivity index (χ0n) is 31.5. The molecule has 11 heteroatoms. The van der Waals surface area contributed by atoms with E-state index in [4.69, 9.17) is 29.8 Å². The van der Waals surface area contributed by atoms with Crippen molar-refractivity contribution in [2.24, 2.45) is 51.1 Å². The summed E-state index contributed by atoms with van der Waals surface area (Å²) < 4.78 is 25.4. The first-order chi connectivity index (χ1) is 23.3. The highest BCUT2D eigenvalue weighted by molar-refractivity contribution is 5.66. The maximum atomic E-state index is 12.5. The van der Waals surface area contributed by atoms with Gasteiger partial charge in [0.2, 0.25) is 0 Å². The van der Waals surface area contributed by atoms with Gasteiger partial charge in [-0.3, -0.25) is 14.5 Å². The van der Waals surface area contributed by atoms with Gasteiger partial charge in [0.25, 0.3) is 0 Å². The highest BCUT2D eigenvalue weighted by Gasteiger charge is 2.85.